The van der Waals surface area contributed by atoms with Crippen molar-refractivity contribution in [2.24, 2.45) is 0 Å². The van der Waals surface area contributed by atoms with Crippen molar-refractivity contribution in [2.75, 3.05) is 0 Å². The second-order valence-corrected chi connectivity index (χ2v) is 4.52. The third-order valence-electron chi connectivity index (χ3n) is 2.87. The predicted molar refractivity (Wildman–Crippen MR) is 57.6 cm³/mol. The van der Waals surface area contributed by atoms with Crippen molar-refractivity contribution >= 4 is 23.2 Å². The van der Waals surface area contributed by atoms with Crippen LogP contribution in [0.5, 0.6) is 0 Å². The molecule has 1 aromatic rings. The van der Waals surface area contributed by atoms with Crippen LogP contribution >= 0.6 is 23.2 Å². The van der Waals surface area contributed by atoms with Crippen molar-refractivity contribution in [3.05, 3.63) is 33.8 Å². The lowest BCUT2D eigenvalue weighted by atomic mass is 9.65. The molecule has 1 aromatic carbocycles. The van der Waals surface area contributed by atoms with Crippen LogP contribution in [0.15, 0.2) is 18.2 Å². The average Bonchev–Trinajstić information content (AvgIpc) is 2.07. The first-order valence-electron chi connectivity index (χ1n) is 4.55. The van der Waals surface area contributed by atoms with Crippen LogP contribution in [0.2, 0.25) is 10.0 Å². The summed E-state index contributed by atoms with van der Waals surface area (Å²) in [6, 6.07) is 7.73. The van der Waals surface area contributed by atoms with E-state index in [4.69, 9.17) is 28.5 Å². The molecular formula is C11H9Cl2N. The fraction of sp³-hybridized carbons (Fsp3) is 0.364. The molecule has 0 unspecified atom stereocenters. The van der Waals surface area contributed by atoms with Gasteiger partial charge in [0, 0.05) is 10.0 Å². The van der Waals surface area contributed by atoms with Crippen LogP contribution in [-0.2, 0) is 5.41 Å². The van der Waals surface area contributed by atoms with Gasteiger partial charge in [-0.05, 0) is 37.0 Å². The molecule has 1 fully saturated rings. The molecule has 0 atom stereocenters. The van der Waals surface area contributed by atoms with Crippen molar-refractivity contribution < 1.29 is 0 Å². The highest BCUT2D eigenvalue weighted by molar-refractivity contribution is 6.35. The Hall–Kier alpha value is -0.710. The molecule has 2 rings (SSSR count). The monoisotopic (exact) mass is 225 g/mol. The summed E-state index contributed by atoms with van der Waals surface area (Å²) in [6.07, 6.45) is 2.92. The van der Waals surface area contributed by atoms with Crippen LogP contribution in [0, 0.1) is 11.3 Å². The molecule has 0 bridgehead atoms. The predicted octanol–water partition coefficient (Wildman–Crippen LogP) is 3.94. The maximum Gasteiger partial charge on any atom is 0.0836 e. The molecule has 0 N–H and O–H groups in total. The van der Waals surface area contributed by atoms with Gasteiger partial charge in [-0.1, -0.05) is 29.3 Å². The Labute approximate surface area is 93.2 Å². The molecule has 1 aliphatic carbocycles. The highest BCUT2D eigenvalue weighted by atomic mass is 35.5. The van der Waals surface area contributed by atoms with Crippen molar-refractivity contribution in [2.45, 2.75) is 24.7 Å². The van der Waals surface area contributed by atoms with Crippen LogP contribution < -0.4 is 0 Å². The van der Waals surface area contributed by atoms with Gasteiger partial charge in [-0.15, -0.1) is 0 Å². The van der Waals surface area contributed by atoms with E-state index in [-0.39, 0.29) is 5.41 Å². The molecule has 0 amide bonds. The Morgan fingerprint density at radius 2 is 2.00 bits per heavy atom. The van der Waals surface area contributed by atoms with E-state index in [1.807, 2.05) is 6.07 Å². The SMILES string of the molecule is N#CC1(c2ccc(Cl)cc2Cl)CCC1. The van der Waals surface area contributed by atoms with E-state index in [0.717, 1.165) is 24.8 Å². The van der Waals surface area contributed by atoms with Crippen LogP contribution in [0.25, 0.3) is 0 Å². The van der Waals surface area contributed by atoms with E-state index in [1.54, 1.807) is 12.1 Å². The summed E-state index contributed by atoms with van der Waals surface area (Å²) in [4.78, 5) is 0. The zero-order valence-electron chi connectivity index (χ0n) is 7.56. The molecule has 1 aliphatic rings. The molecule has 0 heterocycles. The molecule has 0 saturated heterocycles. The van der Waals surface area contributed by atoms with Gasteiger partial charge >= 0.3 is 0 Å². The largest absolute Gasteiger partial charge is 0.197 e. The Balaban J connectivity index is 2.46. The first-order chi connectivity index (χ1) is 6.68. The maximum absolute atomic E-state index is 9.14. The van der Waals surface area contributed by atoms with Crippen LogP contribution in [0.1, 0.15) is 24.8 Å². The first kappa shape index (κ1) is 9.83. The number of rotatable bonds is 1. The van der Waals surface area contributed by atoms with Crippen LogP contribution in [0.4, 0.5) is 0 Å². The van der Waals surface area contributed by atoms with Gasteiger partial charge in [-0.3, -0.25) is 0 Å². The van der Waals surface area contributed by atoms with Gasteiger partial charge in [0.25, 0.3) is 0 Å². The second kappa shape index (κ2) is 3.46. The van der Waals surface area contributed by atoms with E-state index in [0.29, 0.717) is 10.0 Å². The van der Waals surface area contributed by atoms with E-state index in [9.17, 15) is 0 Å². The van der Waals surface area contributed by atoms with Crippen LogP contribution in [-0.4, -0.2) is 0 Å². The number of halogens is 2. The molecule has 0 radical (unpaired) electrons. The summed E-state index contributed by atoms with van der Waals surface area (Å²) < 4.78 is 0. The third kappa shape index (κ3) is 1.39. The Kier molecular flexibility index (Phi) is 2.43. The molecule has 1 saturated carbocycles. The van der Waals surface area contributed by atoms with Gasteiger partial charge in [0.15, 0.2) is 0 Å². The molecule has 3 heteroatoms. The zero-order valence-corrected chi connectivity index (χ0v) is 9.07. The first-order valence-corrected chi connectivity index (χ1v) is 5.30. The standard InChI is InChI=1S/C11H9Cl2N/c12-8-2-3-9(10(13)6-8)11(7-14)4-1-5-11/h2-3,6H,1,4-5H2. The number of benzene rings is 1. The summed E-state index contributed by atoms with van der Waals surface area (Å²) >= 11 is 11.9. The van der Waals surface area contributed by atoms with Crippen molar-refractivity contribution in [1.82, 2.24) is 0 Å². The lowest BCUT2D eigenvalue weighted by molar-refractivity contribution is 0.324. The third-order valence-corrected chi connectivity index (χ3v) is 3.42. The summed E-state index contributed by atoms with van der Waals surface area (Å²) in [5, 5.41) is 10.4. The lowest BCUT2D eigenvalue weighted by Gasteiger charge is -2.36. The summed E-state index contributed by atoms with van der Waals surface area (Å²) in [6.45, 7) is 0. The molecule has 1 nitrogen and oxygen atoms in total. The van der Waals surface area contributed by atoms with E-state index < -0.39 is 0 Å². The fourth-order valence-electron chi connectivity index (χ4n) is 1.85. The van der Waals surface area contributed by atoms with Crippen molar-refractivity contribution in [1.29, 1.82) is 5.26 Å². The Bertz CT molecular complexity index is 402. The van der Waals surface area contributed by atoms with E-state index in [1.165, 1.54) is 0 Å². The summed E-state index contributed by atoms with van der Waals surface area (Å²) in [5.74, 6) is 0. The molecular weight excluding hydrogens is 217 g/mol. The molecule has 0 spiro atoms. The van der Waals surface area contributed by atoms with Crippen molar-refractivity contribution in [3.8, 4) is 6.07 Å². The normalized spacial score (nSPS) is 18.4. The smallest absolute Gasteiger partial charge is 0.0836 e. The summed E-state index contributed by atoms with van der Waals surface area (Å²) in [5.41, 5.74) is 0.583. The second-order valence-electron chi connectivity index (χ2n) is 3.67. The van der Waals surface area contributed by atoms with Gasteiger partial charge < -0.3 is 0 Å². The lowest BCUT2D eigenvalue weighted by Crippen LogP contribution is -2.32. The Morgan fingerprint density at radius 3 is 2.43 bits per heavy atom. The Morgan fingerprint density at radius 1 is 1.29 bits per heavy atom. The number of nitriles is 1. The minimum Gasteiger partial charge on any atom is -0.197 e. The van der Waals surface area contributed by atoms with Crippen LogP contribution in [0.3, 0.4) is 0 Å². The highest BCUT2D eigenvalue weighted by Gasteiger charge is 2.40. The topological polar surface area (TPSA) is 23.8 Å². The van der Waals surface area contributed by atoms with Gasteiger partial charge in [-0.25, -0.2) is 0 Å². The average molecular weight is 226 g/mol. The van der Waals surface area contributed by atoms with E-state index in [2.05, 4.69) is 6.07 Å². The molecule has 14 heavy (non-hydrogen) atoms. The zero-order chi connectivity index (χ0) is 10.2. The molecule has 0 aromatic heterocycles. The molecule has 0 aliphatic heterocycles. The van der Waals surface area contributed by atoms with Gasteiger partial charge in [0.1, 0.15) is 0 Å². The van der Waals surface area contributed by atoms with Gasteiger partial charge in [0.05, 0.1) is 11.5 Å². The van der Waals surface area contributed by atoms with Gasteiger partial charge in [-0.2, -0.15) is 5.26 Å². The van der Waals surface area contributed by atoms with Crippen molar-refractivity contribution in [3.63, 3.8) is 0 Å². The minimum absolute atomic E-state index is 0.346. The molecule has 72 valence electrons. The highest BCUT2D eigenvalue weighted by Crippen LogP contribution is 2.46. The quantitative estimate of drug-likeness (QED) is 0.711. The maximum atomic E-state index is 9.14. The number of nitrogens with zero attached hydrogens (tertiary/aromatic N) is 1. The van der Waals surface area contributed by atoms with Gasteiger partial charge in [0.2, 0.25) is 0 Å². The summed E-state index contributed by atoms with van der Waals surface area (Å²) in [7, 11) is 0. The number of hydrogen-bond acceptors (Lipinski definition) is 1. The fourth-order valence-corrected chi connectivity index (χ4v) is 2.44. The minimum atomic E-state index is -0.346. The van der Waals surface area contributed by atoms with E-state index >= 15 is 0 Å². The number of hydrogen-bond donors (Lipinski definition) is 0.